The van der Waals surface area contributed by atoms with E-state index in [-0.39, 0.29) is 0 Å². The third kappa shape index (κ3) is 5.35. The van der Waals surface area contributed by atoms with Crippen molar-refractivity contribution in [2.24, 2.45) is 0 Å². The van der Waals surface area contributed by atoms with Crippen molar-refractivity contribution in [3.63, 3.8) is 0 Å². The quantitative estimate of drug-likeness (QED) is 0.170. The highest BCUT2D eigenvalue weighted by molar-refractivity contribution is 6.11. The fraction of sp³-hybridized carbons (Fsp3) is 0. The second-order valence-corrected chi connectivity index (χ2v) is 13.8. The molecule has 11 aromatic rings. The Balaban J connectivity index is 1.19. The zero-order valence-corrected chi connectivity index (χ0v) is 29.9. The van der Waals surface area contributed by atoms with Crippen LogP contribution in [0.4, 0.5) is 0 Å². The molecule has 7 aromatic carbocycles. The van der Waals surface area contributed by atoms with Gasteiger partial charge >= 0.3 is 0 Å². The monoisotopic (exact) mass is 718 g/mol. The Hall–Kier alpha value is -7.70. The van der Waals surface area contributed by atoms with Gasteiger partial charge in [0.1, 0.15) is 22.3 Å². The van der Waals surface area contributed by atoms with Gasteiger partial charge < -0.3 is 8.83 Å². The number of fused-ring (bicyclic) bond motifs is 6. The molecule has 0 fully saturated rings. The summed E-state index contributed by atoms with van der Waals surface area (Å²) < 4.78 is 13.2. The maximum absolute atomic E-state index is 6.58. The van der Waals surface area contributed by atoms with Gasteiger partial charge in [0, 0.05) is 67.3 Å². The third-order valence-electron chi connectivity index (χ3n) is 10.4. The molecule has 0 aliphatic heterocycles. The van der Waals surface area contributed by atoms with Crippen molar-refractivity contribution in [2.45, 2.75) is 0 Å². The third-order valence-corrected chi connectivity index (χ3v) is 10.4. The minimum Gasteiger partial charge on any atom is -0.455 e. The van der Waals surface area contributed by atoms with Crippen molar-refractivity contribution in [1.82, 2.24) is 19.9 Å². The van der Waals surface area contributed by atoms with Crippen molar-refractivity contribution >= 4 is 43.9 Å². The van der Waals surface area contributed by atoms with Crippen molar-refractivity contribution < 1.29 is 8.83 Å². The molecule has 0 spiro atoms. The summed E-state index contributed by atoms with van der Waals surface area (Å²) in [7, 11) is 0. The summed E-state index contributed by atoms with van der Waals surface area (Å²) in [6.07, 6.45) is 3.65. The topological polar surface area (TPSA) is 77.8 Å². The van der Waals surface area contributed by atoms with E-state index in [4.69, 9.17) is 23.8 Å². The molecule has 4 heterocycles. The van der Waals surface area contributed by atoms with Crippen LogP contribution in [0.15, 0.2) is 191 Å². The lowest BCUT2D eigenvalue weighted by atomic mass is 9.94. The molecular weight excluding hydrogens is 689 g/mol. The number of hydrogen-bond acceptors (Lipinski definition) is 6. The molecule has 0 aliphatic rings. The number of rotatable bonds is 6. The molecule has 0 saturated heterocycles. The van der Waals surface area contributed by atoms with Crippen LogP contribution in [0.2, 0.25) is 0 Å². The molecule has 6 nitrogen and oxygen atoms in total. The van der Waals surface area contributed by atoms with Gasteiger partial charge in [-0.15, -0.1) is 0 Å². The molecule has 4 aromatic heterocycles. The highest BCUT2D eigenvalue weighted by atomic mass is 16.3. The van der Waals surface area contributed by atoms with E-state index in [1.54, 1.807) is 6.20 Å². The first kappa shape index (κ1) is 31.8. The molecule has 56 heavy (non-hydrogen) atoms. The van der Waals surface area contributed by atoms with Crippen molar-refractivity contribution in [2.75, 3.05) is 0 Å². The molecule has 0 radical (unpaired) electrons. The molecule has 0 saturated carbocycles. The van der Waals surface area contributed by atoms with E-state index in [9.17, 15) is 0 Å². The van der Waals surface area contributed by atoms with E-state index in [1.165, 1.54) is 0 Å². The summed E-state index contributed by atoms with van der Waals surface area (Å²) in [5, 5.41) is 4.28. The highest BCUT2D eigenvalue weighted by Crippen LogP contribution is 2.42. The van der Waals surface area contributed by atoms with E-state index in [1.807, 2.05) is 91.1 Å². The van der Waals surface area contributed by atoms with E-state index >= 15 is 0 Å². The second-order valence-electron chi connectivity index (χ2n) is 13.8. The Morgan fingerprint density at radius 3 is 1.43 bits per heavy atom. The minimum atomic E-state index is 0.548. The zero-order valence-electron chi connectivity index (χ0n) is 29.9. The average Bonchev–Trinajstić information content (AvgIpc) is 3.85. The van der Waals surface area contributed by atoms with Crippen molar-refractivity contribution in [3.8, 4) is 67.5 Å². The summed E-state index contributed by atoms with van der Waals surface area (Å²) in [6, 6.07) is 57.8. The molecule has 0 N–H and O–H groups in total. The van der Waals surface area contributed by atoms with Gasteiger partial charge in [0.15, 0.2) is 17.5 Å². The second kappa shape index (κ2) is 13.0. The van der Waals surface area contributed by atoms with Crippen LogP contribution >= 0.6 is 0 Å². The van der Waals surface area contributed by atoms with Gasteiger partial charge in [-0.3, -0.25) is 4.98 Å². The predicted molar refractivity (Wildman–Crippen MR) is 225 cm³/mol. The standard InChI is InChI=1S/C50H30N4O2/c1-2-13-31(14-3-1)48-52-49(54-50(53-48)43-19-5-4-16-36(43)32-15-12-26-51-30-32)35-28-33(37-20-10-22-41-39-17-6-8-24-44(39)55-46(37)41)27-34(29-35)38-21-11-23-42-40-18-7-9-25-45(40)56-47(38)42/h1-30H. The van der Waals surface area contributed by atoms with Crippen molar-refractivity contribution in [1.29, 1.82) is 0 Å². The van der Waals surface area contributed by atoms with Crippen LogP contribution in [-0.2, 0) is 0 Å². The van der Waals surface area contributed by atoms with Gasteiger partial charge in [-0.1, -0.05) is 133 Å². The number of furan rings is 2. The number of para-hydroxylation sites is 4. The lowest BCUT2D eigenvalue weighted by Crippen LogP contribution is -2.01. The highest BCUT2D eigenvalue weighted by Gasteiger charge is 2.20. The number of pyridine rings is 1. The van der Waals surface area contributed by atoms with Crippen LogP contribution in [-0.4, -0.2) is 19.9 Å². The van der Waals surface area contributed by atoms with Crippen LogP contribution in [0.3, 0.4) is 0 Å². The van der Waals surface area contributed by atoms with Crippen LogP contribution in [0.5, 0.6) is 0 Å². The molecule has 6 heteroatoms. The van der Waals surface area contributed by atoms with Crippen molar-refractivity contribution in [3.05, 3.63) is 182 Å². The summed E-state index contributed by atoms with van der Waals surface area (Å²) in [5.41, 5.74) is 11.8. The smallest absolute Gasteiger partial charge is 0.164 e. The Morgan fingerprint density at radius 2 is 0.804 bits per heavy atom. The van der Waals surface area contributed by atoms with Crippen LogP contribution in [0.25, 0.3) is 111 Å². The molecule has 11 rings (SSSR count). The largest absolute Gasteiger partial charge is 0.455 e. The maximum atomic E-state index is 6.58. The molecule has 0 unspecified atom stereocenters. The lowest BCUT2D eigenvalue weighted by molar-refractivity contribution is 0.670. The van der Waals surface area contributed by atoms with Gasteiger partial charge in [0.2, 0.25) is 0 Å². The first-order chi connectivity index (χ1) is 27.7. The molecule has 0 atom stereocenters. The Kier molecular flexibility index (Phi) is 7.38. The number of nitrogens with zero attached hydrogens (tertiary/aromatic N) is 4. The van der Waals surface area contributed by atoms with Gasteiger partial charge in [0.05, 0.1) is 0 Å². The normalized spacial score (nSPS) is 11.6. The molecule has 0 bridgehead atoms. The Morgan fingerprint density at radius 1 is 0.321 bits per heavy atom. The summed E-state index contributed by atoms with van der Waals surface area (Å²) in [5.74, 6) is 1.70. The SMILES string of the molecule is c1ccc(-c2nc(-c3cc(-c4cccc5c4oc4ccccc45)cc(-c4cccc5c4oc4ccccc45)c3)nc(-c3ccccc3-c3cccnc3)n2)cc1. The van der Waals surface area contributed by atoms with E-state index < -0.39 is 0 Å². The van der Waals surface area contributed by atoms with Crippen LogP contribution in [0, 0.1) is 0 Å². The first-order valence-electron chi connectivity index (χ1n) is 18.5. The molecule has 262 valence electrons. The summed E-state index contributed by atoms with van der Waals surface area (Å²) in [6.45, 7) is 0. The molecule has 0 aliphatic carbocycles. The summed E-state index contributed by atoms with van der Waals surface area (Å²) >= 11 is 0. The molecule has 0 amide bonds. The Bertz CT molecular complexity index is 3130. The minimum absolute atomic E-state index is 0.548. The van der Waals surface area contributed by atoms with Crippen LogP contribution < -0.4 is 0 Å². The Labute approximate surface area is 321 Å². The van der Waals surface area contributed by atoms with Crippen LogP contribution in [0.1, 0.15) is 0 Å². The lowest BCUT2D eigenvalue weighted by Gasteiger charge is -2.14. The van der Waals surface area contributed by atoms with Gasteiger partial charge in [-0.05, 0) is 53.1 Å². The van der Waals surface area contributed by atoms with Gasteiger partial charge in [0.25, 0.3) is 0 Å². The van der Waals surface area contributed by atoms with Gasteiger partial charge in [-0.25, -0.2) is 15.0 Å². The number of hydrogen-bond donors (Lipinski definition) is 0. The average molecular weight is 719 g/mol. The predicted octanol–water partition coefficient (Wildman–Crippen LogP) is 13.1. The number of aromatic nitrogens is 4. The van der Waals surface area contributed by atoms with E-state index in [0.717, 1.165) is 93.9 Å². The zero-order chi connectivity index (χ0) is 37.0. The van der Waals surface area contributed by atoms with Gasteiger partial charge in [-0.2, -0.15) is 0 Å². The first-order valence-corrected chi connectivity index (χ1v) is 18.5. The number of benzene rings is 7. The molecular formula is C50H30N4O2. The van der Waals surface area contributed by atoms with E-state index in [2.05, 4.69) is 89.9 Å². The fourth-order valence-corrected chi connectivity index (χ4v) is 7.81. The van der Waals surface area contributed by atoms with E-state index in [0.29, 0.717) is 17.5 Å². The summed E-state index contributed by atoms with van der Waals surface area (Å²) in [4.78, 5) is 20.0. The fourth-order valence-electron chi connectivity index (χ4n) is 7.81. The maximum Gasteiger partial charge on any atom is 0.164 e.